The molecule has 0 spiro atoms. The van der Waals surface area contributed by atoms with Crippen LogP contribution in [0.4, 0.5) is 4.79 Å². The molecule has 2 amide bonds. The minimum Gasteiger partial charge on any atom is -0.361 e. The van der Waals surface area contributed by atoms with Gasteiger partial charge in [0.05, 0.1) is 0 Å². The maximum Gasteiger partial charge on any atom is 0.316 e. The fraction of sp³-hybridized carbons (Fsp3) is 0.900. The van der Waals surface area contributed by atoms with E-state index in [-0.39, 0.29) is 12.8 Å². The summed E-state index contributed by atoms with van der Waals surface area (Å²) in [7, 11) is 0. The highest BCUT2D eigenvalue weighted by molar-refractivity contribution is 5.73. The molecule has 0 fully saturated rings. The summed E-state index contributed by atoms with van der Waals surface area (Å²) in [6.07, 6.45) is 4.69. The number of urea groups is 1. The Kier molecular flexibility index (Phi) is 9.74. The van der Waals surface area contributed by atoms with Crippen LogP contribution in [0.5, 0.6) is 0 Å². The van der Waals surface area contributed by atoms with E-state index in [2.05, 4.69) is 17.6 Å². The van der Waals surface area contributed by atoms with Crippen LogP contribution in [-0.2, 0) is 4.74 Å². The number of carbonyl (C=O) groups is 1. The number of amides is 2. The molecule has 0 aliphatic carbocycles. The first-order valence-corrected chi connectivity index (χ1v) is 5.40. The Morgan fingerprint density at radius 3 is 2.57 bits per heavy atom. The molecule has 0 aliphatic heterocycles. The van der Waals surface area contributed by atoms with Crippen molar-refractivity contribution in [2.24, 2.45) is 0 Å². The first-order chi connectivity index (χ1) is 6.81. The molecule has 0 rings (SSSR count). The molecule has 0 atom stereocenters. The molecule has 0 radical (unpaired) electrons. The van der Waals surface area contributed by atoms with Crippen molar-refractivity contribution in [1.82, 2.24) is 10.6 Å². The lowest BCUT2D eigenvalue weighted by atomic mass is 10.2. The van der Waals surface area contributed by atoms with E-state index in [9.17, 15) is 4.79 Å². The summed E-state index contributed by atoms with van der Waals surface area (Å²) >= 11 is 0. The molecule has 14 heavy (non-hydrogen) atoms. The van der Waals surface area contributed by atoms with Gasteiger partial charge in [-0.05, 0) is 13.3 Å². The Labute approximate surface area is 86.4 Å². The molecular weight excluding hydrogens is 180 g/mol. The van der Waals surface area contributed by atoms with E-state index in [1.807, 2.05) is 6.92 Å². The predicted molar refractivity (Wildman–Crippen MR) is 57.2 cm³/mol. The van der Waals surface area contributed by atoms with Crippen molar-refractivity contribution < 1.29 is 9.53 Å². The molecule has 0 bridgehead atoms. The molecule has 0 aliphatic rings. The first kappa shape index (κ1) is 13.2. The van der Waals surface area contributed by atoms with Gasteiger partial charge >= 0.3 is 6.03 Å². The third-order valence-corrected chi connectivity index (χ3v) is 1.85. The van der Waals surface area contributed by atoms with Crippen molar-refractivity contribution >= 4 is 6.03 Å². The second-order valence-corrected chi connectivity index (χ2v) is 3.13. The lowest BCUT2D eigenvalue weighted by Gasteiger charge is -2.06. The topological polar surface area (TPSA) is 50.4 Å². The zero-order valence-electron chi connectivity index (χ0n) is 9.27. The summed E-state index contributed by atoms with van der Waals surface area (Å²) in [6, 6.07) is -0.144. The number of hydrogen-bond acceptors (Lipinski definition) is 2. The fourth-order valence-corrected chi connectivity index (χ4v) is 1.03. The Morgan fingerprint density at radius 1 is 1.14 bits per heavy atom. The summed E-state index contributed by atoms with van der Waals surface area (Å²) in [6.45, 7) is 5.72. The third-order valence-electron chi connectivity index (χ3n) is 1.85. The largest absolute Gasteiger partial charge is 0.361 e. The van der Waals surface area contributed by atoms with Crippen molar-refractivity contribution in [2.75, 3.05) is 19.9 Å². The molecule has 0 saturated heterocycles. The zero-order valence-corrected chi connectivity index (χ0v) is 9.27. The van der Waals surface area contributed by atoms with Crippen LogP contribution in [-0.4, -0.2) is 25.9 Å². The van der Waals surface area contributed by atoms with Crippen molar-refractivity contribution in [1.29, 1.82) is 0 Å². The van der Waals surface area contributed by atoms with Crippen LogP contribution in [0.1, 0.15) is 39.5 Å². The molecule has 84 valence electrons. The van der Waals surface area contributed by atoms with Gasteiger partial charge in [0.2, 0.25) is 0 Å². The van der Waals surface area contributed by atoms with Gasteiger partial charge in [-0.2, -0.15) is 0 Å². The molecule has 0 aromatic rings. The monoisotopic (exact) mass is 202 g/mol. The Morgan fingerprint density at radius 2 is 1.93 bits per heavy atom. The van der Waals surface area contributed by atoms with Gasteiger partial charge in [0.1, 0.15) is 6.73 Å². The average Bonchev–Trinajstić information content (AvgIpc) is 2.18. The highest BCUT2D eigenvalue weighted by Gasteiger charge is 1.96. The number of rotatable bonds is 8. The van der Waals surface area contributed by atoms with Gasteiger partial charge in [-0.15, -0.1) is 0 Å². The Bertz CT molecular complexity index is 140. The van der Waals surface area contributed by atoms with Crippen LogP contribution in [0.2, 0.25) is 0 Å². The van der Waals surface area contributed by atoms with Gasteiger partial charge < -0.3 is 15.4 Å². The second kappa shape index (κ2) is 10.3. The van der Waals surface area contributed by atoms with Crippen LogP contribution < -0.4 is 10.6 Å². The predicted octanol–water partition coefficient (Wildman–Crippen LogP) is 1.86. The summed E-state index contributed by atoms with van der Waals surface area (Å²) in [4.78, 5) is 11.0. The van der Waals surface area contributed by atoms with Crippen molar-refractivity contribution in [3.8, 4) is 0 Å². The standard InChI is InChI=1S/C10H22N2O2/c1-3-5-6-7-8-11-10(13)12-9-14-4-2/h3-9H2,1-2H3,(H2,11,12,13). The van der Waals surface area contributed by atoms with E-state index >= 15 is 0 Å². The van der Waals surface area contributed by atoms with Crippen molar-refractivity contribution in [3.63, 3.8) is 0 Å². The zero-order chi connectivity index (χ0) is 10.6. The summed E-state index contributed by atoms with van der Waals surface area (Å²) in [5.74, 6) is 0. The van der Waals surface area contributed by atoms with Crippen LogP contribution in [0, 0.1) is 0 Å². The normalized spacial score (nSPS) is 9.86. The van der Waals surface area contributed by atoms with Gasteiger partial charge in [0.15, 0.2) is 0 Å². The van der Waals surface area contributed by atoms with Gasteiger partial charge in [0.25, 0.3) is 0 Å². The molecule has 0 saturated carbocycles. The average molecular weight is 202 g/mol. The van der Waals surface area contributed by atoms with Gasteiger partial charge in [-0.3, -0.25) is 0 Å². The van der Waals surface area contributed by atoms with E-state index < -0.39 is 0 Å². The number of carbonyl (C=O) groups excluding carboxylic acids is 1. The van der Waals surface area contributed by atoms with Crippen molar-refractivity contribution in [2.45, 2.75) is 39.5 Å². The lowest BCUT2D eigenvalue weighted by molar-refractivity contribution is 0.132. The molecule has 0 unspecified atom stereocenters. The van der Waals surface area contributed by atoms with E-state index in [0.717, 1.165) is 13.0 Å². The number of ether oxygens (including phenoxy) is 1. The molecule has 2 N–H and O–H groups in total. The quantitative estimate of drug-likeness (QED) is 0.466. The van der Waals surface area contributed by atoms with E-state index in [1.54, 1.807) is 0 Å². The van der Waals surface area contributed by atoms with E-state index in [4.69, 9.17) is 4.74 Å². The number of hydrogen-bond donors (Lipinski definition) is 2. The minimum absolute atomic E-state index is 0.144. The third kappa shape index (κ3) is 9.32. The van der Waals surface area contributed by atoms with Gasteiger partial charge in [-0.25, -0.2) is 4.79 Å². The fourth-order valence-electron chi connectivity index (χ4n) is 1.03. The maximum atomic E-state index is 11.0. The number of nitrogens with one attached hydrogen (secondary N) is 2. The SMILES string of the molecule is CCCCCCNC(=O)NCOCC. The Hall–Kier alpha value is -0.770. The van der Waals surface area contributed by atoms with Crippen molar-refractivity contribution in [3.05, 3.63) is 0 Å². The smallest absolute Gasteiger partial charge is 0.316 e. The second-order valence-electron chi connectivity index (χ2n) is 3.13. The Balaban J connectivity index is 3.10. The van der Waals surface area contributed by atoms with Gasteiger partial charge in [-0.1, -0.05) is 26.2 Å². The molecule has 0 heterocycles. The minimum atomic E-state index is -0.144. The first-order valence-electron chi connectivity index (χ1n) is 5.40. The van der Waals surface area contributed by atoms with Crippen LogP contribution in [0.3, 0.4) is 0 Å². The summed E-state index contributed by atoms with van der Waals surface area (Å²) in [5.41, 5.74) is 0. The van der Waals surface area contributed by atoms with Gasteiger partial charge in [0, 0.05) is 13.2 Å². The highest BCUT2D eigenvalue weighted by atomic mass is 16.5. The van der Waals surface area contributed by atoms with E-state index in [1.165, 1.54) is 19.3 Å². The van der Waals surface area contributed by atoms with E-state index in [0.29, 0.717) is 6.61 Å². The molecule has 0 aromatic carbocycles. The molecule has 4 heteroatoms. The highest BCUT2D eigenvalue weighted by Crippen LogP contribution is 1.96. The lowest BCUT2D eigenvalue weighted by Crippen LogP contribution is -2.37. The molecule has 4 nitrogen and oxygen atoms in total. The van der Waals surface area contributed by atoms with Crippen LogP contribution in [0.25, 0.3) is 0 Å². The molecular formula is C10H22N2O2. The summed E-state index contributed by atoms with van der Waals surface area (Å²) < 4.78 is 4.98. The van der Waals surface area contributed by atoms with Crippen LogP contribution in [0.15, 0.2) is 0 Å². The maximum absolute atomic E-state index is 11.0. The summed E-state index contributed by atoms with van der Waals surface area (Å²) in [5, 5.41) is 5.37. The molecule has 0 aromatic heterocycles. The number of unbranched alkanes of at least 4 members (excludes halogenated alkanes) is 3. The van der Waals surface area contributed by atoms with Crippen LogP contribution >= 0.6 is 0 Å².